The van der Waals surface area contributed by atoms with Crippen LogP contribution in [0.5, 0.6) is 0 Å². The highest BCUT2D eigenvalue weighted by Gasteiger charge is 2.61. The van der Waals surface area contributed by atoms with Crippen molar-refractivity contribution in [2.24, 2.45) is 23.7 Å². The summed E-state index contributed by atoms with van der Waals surface area (Å²) in [6, 6.07) is 13.2. The Morgan fingerprint density at radius 1 is 0.967 bits per heavy atom. The van der Waals surface area contributed by atoms with Crippen molar-refractivity contribution in [1.82, 2.24) is 4.90 Å². The Bertz CT molecular complexity index is 1030. The average molecular weight is 406 g/mol. The molecule has 3 amide bonds. The van der Waals surface area contributed by atoms with Gasteiger partial charge in [-0.3, -0.25) is 24.1 Å². The molecule has 4 atom stereocenters. The number of esters is 1. The summed E-state index contributed by atoms with van der Waals surface area (Å²) in [5, 5.41) is 4.61. The molecule has 2 saturated carbocycles. The van der Waals surface area contributed by atoms with E-state index < -0.39 is 25.0 Å². The molecule has 1 heterocycles. The highest BCUT2D eigenvalue weighted by atomic mass is 16.5. The van der Waals surface area contributed by atoms with E-state index in [1.54, 1.807) is 6.07 Å². The Labute approximate surface area is 173 Å². The molecule has 0 unspecified atom stereocenters. The molecular formula is C23H22N2O5. The van der Waals surface area contributed by atoms with Gasteiger partial charge in [0.15, 0.2) is 6.61 Å². The van der Waals surface area contributed by atoms with Crippen molar-refractivity contribution < 1.29 is 23.9 Å². The molecule has 7 heteroatoms. The number of hydrogen-bond acceptors (Lipinski definition) is 5. The Morgan fingerprint density at radius 3 is 2.37 bits per heavy atom. The number of hydrogen-bond donors (Lipinski definition) is 1. The number of carbonyl (C=O) groups is 4. The Hall–Kier alpha value is -3.22. The van der Waals surface area contributed by atoms with Crippen molar-refractivity contribution in [3.05, 3.63) is 42.5 Å². The molecule has 2 aliphatic carbocycles. The molecule has 7 nitrogen and oxygen atoms in total. The summed E-state index contributed by atoms with van der Waals surface area (Å²) < 4.78 is 5.04. The first-order valence-corrected chi connectivity index (χ1v) is 10.3. The Morgan fingerprint density at radius 2 is 1.63 bits per heavy atom. The third kappa shape index (κ3) is 3.05. The number of rotatable bonds is 5. The van der Waals surface area contributed by atoms with E-state index in [4.69, 9.17) is 4.74 Å². The smallest absolute Gasteiger partial charge is 0.326 e. The first-order valence-electron chi connectivity index (χ1n) is 10.3. The SMILES string of the molecule is O=C(COC(=O)CN1C(=O)[C@@H]2[C@@H]3CC[C@@H](C3)[C@@H]2C1=O)Nc1cccc2ccccc12. The maximum Gasteiger partial charge on any atom is 0.326 e. The van der Waals surface area contributed by atoms with E-state index in [1.807, 2.05) is 36.4 Å². The number of nitrogens with zero attached hydrogens (tertiary/aromatic N) is 1. The van der Waals surface area contributed by atoms with Gasteiger partial charge in [0, 0.05) is 11.1 Å². The van der Waals surface area contributed by atoms with Gasteiger partial charge >= 0.3 is 5.97 Å². The number of ether oxygens (including phenoxy) is 1. The molecule has 1 N–H and O–H groups in total. The van der Waals surface area contributed by atoms with Crippen LogP contribution in [0.4, 0.5) is 5.69 Å². The van der Waals surface area contributed by atoms with E-state index in [1.165, 1.54) is 0 Å². The fraction of sp³-hybridized carbons (Fsp3) is 0.391. The average Bonchev–Trinajstić information content (AvgIpc) is 3.43. The van der Waals surface area contributed by atoms with E-state index in [0.717, 1.165) is 34.9 Å². The van der Waals surface area contributed by atoms with Gasteiger partial charge in [-0.15, -0.1) is 0 Å². The zero-order valence-corrected chi connectivity index (χ0v) is 16.4. The molecule has 5 rings (SSSR count). The van der Waals surface area contributed by atoms with E-state index >= 15 is 0 Å². The first-order chi connectivity index (χ1) is 14.5. The maximum atomic E-state index is 12.6. The number of carbonyl (C=O) groups excluding carboxylic acids is 4. The normalized spacial score (nSPS) is 26.9. The quantitative estimate of drug-likeness (QED) is 0.608. The summed E-state index contributed by atoms with van der Waals surface area (Å²) in [6.07, 6.45) is 2.91. The maximum absolute atomic E-state index is 12.6. The summed E-state index contributed by atoms with van der Waals surface area (Å²) in [4.78, 5) is 50.8. The second kappa shape index (κ2) is 7.23. The van der Waals surface area contributed by atoms with Crippen LogP contribution >= 0.6 is 0 Å². The van der Waals surface area contributed by atoms with Crippen LogP contribution in [0.15, 0.2) is 42.5 Å². The van der Waals surface area contributed by atoms with Crippen LogP contribution < -0.4 is 5.32 Å². The van der Waals surface area contributed by atoms with Crippen LogP contribution in [-0.2, 0) is 23.9 Å². The zero-order chi connectivity index (χ0) is 20.8. The largest absolute Gasteiger partial charge is 0.454 e. The van der Waals surface area contributed by atoms with Crippen molar-refractivity contribution >= 4 is 40.2 Å². The third-order valence-corrected chi connectivity index (χ3v) is 6.73. The number of fused-ring (bicyclic) bond motifs is 6. The zero-order valence-electron chi connectivity index (χ0n) is 16.4. The summed E-state index contributed by atoms with van der Waals surface area (Å²) in [7, 11) is 0. The van der Waals surface area contributed by atoms with Gasteiger partial charge in [0.2, 0.25) is 11.8 Å². The van der Waals surface area contributed by atoms with Crippen molar-refractivity contribution in [2.75, 3.05) is 18.5 Å². The summed E-state index contributed by atoms with van der Waals surface area (Å²) in [5.74, 6) is -1.74. The minimum absolute atomic E-state index is 0.255. The Kier molecular flexibility index (Phi) is 4.53. The lowest BCUT2D eigenvalue weighted by Crippen LogP contribution is -2.38. The molecule has 2 aromatic carbocycles. The van der Waals surface area contributed by atoms with Crippen LogP contribution in [-0.4, -0.2) is 41.7 Å². The fourth-order valence-electron chi connectivity index (χ4n) is 5.47. The topological polar surface area (TPSA) is 92.8 Å². The predicted octanol–water partition coefficient (Wildman–Crippen LogP) is 2.35. The molecule has 30 heavy (non-hydrogen) atoms. The number of benzene rings is 2. The highest BCUT2D eigenvalue weighted by molar-refractivity contribution is 6.08. The lowest BCUT2D eigenvalue weighted by molar-refractivity contribution is -0.154. The summed E-state index contributed by atoms with van der Waals surface area (Å²) in [5.41, 5.74) is 0.627. The lowest BCUT2D eigenvalue weighted by Gasteiger charge is -2.19. The van der Waals surface area contributed by atoms with Gasteiger partial charge < -0.3 is 10.1 Å². The van der Waals surface area contributed by atoms with E-state index in [-0.39, 0.29) is 35.5 Å². The van der Waals surface area contributed by atoms with Crippen LogP contribution in [0.3, 0.4) is 0 Å². The monoisotopic (exact) mass is 406 g/mol. The molecule has 0 spiro atoms. The second-order valence-electron chi connectivity index (χ2n) is 8.38. The first kappa shape index (κ1) is 18.8. The van der Waals surface area contributed by atoms with Crippen molar-refractivity contribution in [3.63, 3.8) is 0 Å². The van der Waals surface area contributed by atoms with Crippen molar-refractivity contribution in [1.29, 1.82) is 0 Å². The lowest BCUT2D eigenvalue weighted by atomic mass is 9.81. The number of nitrogens with one attached hydrogen (secondary N) is 1. The molecule has 0 aromatic heterocycles. The standard InChI is InChI=1S/C23H22N2O5/c26-18(24-17-7-3-5-13-4-1-2-6-16(13)17)12-30-19(27)11-25-22(28)20-14-8-9-15(10-14)21(20)23(25)29/h1-7,14-15,20-21H,8-12H2,(H,24,26)/t14-,15+,20-,21+. The number of amides is 3. The predicted molar refractivity (Wildman–Crippen MR) is 108 cm³/mol. The van der Waals surface area contributed by atoms with Gasteiger partial charge in [0.25, 0.3) is 5.91 Å². The van der Waals surface area contributed by atoms with Crippen molar-refractivity contribution in [3.8, 4) is 0 Å². The number of likely N-dealkylation sites (tertiary alicyclic amines) is 1. The number of anilines is 1. The van der Waals surface area contributed by atoms with Crippen LogP contribution in [0, 0.1) is 23.7 Å². The van der Waals surface area contributed by atoms with Gasteiger partial charge in [0.05, 0.1) is 11.8 Å². The van der Waals surface area contributed by atoms with Crippen LogP contribution in [0.1, 0.15) is 19.3 Å². The molecule has 0 radical (unpaired) electrons. The van der Waals surface area contributed by atoms with Crippen molar-refractivity contribution in [2.45, 2.75) is 19.3 Å². The molecule has 1 aliphatic heterocycles. The molecule has 1 saturated heterocycles. The highest BCUT2D eigenvalue weighted by Crippen LogP contribution is 2.56. The summed E-state index contributed by atoms with van der Waals surface area (Å²) >= 11 is 0. The second-order valence-corrected chi connectivity index (χ2v) is 8.38. The minimum Gasteiger partial charge on any atom is -0.454 e. The van der Waals surface area contributed by atoms with Crippen LogP contribution in [0.25, 0.3) is 10.8 Å². The number of imide groups is 1. The van der Waals surface area contributed by atoms with Gasteiger partial charge in [0.1, 0.15) is 6.54 Å². The van der Waals surface area contributed by atoms with E-state index in [0.29, 0.717) is 5.69 Å². The van der Waals surface area contributed by atoms with Gasteiger partial charge in [-0.25, -0.2) is 0 Å². The van der Waals surface area contributed by atoms with Gasteiger partial charge in [-0.05, 0) is 42.6 Å². The summed E-state index contributed by atoms with van der Waals surface area (Å²) in [6.45, 7) is -0.901. The molecule has 2 bridgehead atoms. The minimum atomic E-state index is -0.753. The Balaban J connectivity index is 1.17. The van der Waals surface area contributed by atoms with E-state index in [2.05, 4.69) is 5.32 Å². The molecular weight excluding hydrogens is 384 g/mol. The fourth-order valence-corrected chi connectivity index (χ4v) is 5.47. The van der Waals surface area contributed by atoms with Crippen LogP contribution in [0.2, 0.25) is 0 Å². The molecule has 3 fully saturated rings. The molecule has 3 aliphatic rings. The van der Waals surface area contributed by atoms with E-state index in [9.17, 15) is 19.2 Å². The molecule has 2 aromatic rings. The third-order valence-electron chi connectivity index (χ3n) is 6.73. The van der Waals surface area contributed by atoms with Gasteiger partial charge in [-0.2, -0.15) is 0 Å². The van der Waals surface area contributed by atoms with Gasteiger partial charge in [-0.1, -0.05) is 36.4 Å². The molecule has 154 valence electrons.